The standard InChI is InChI=1S/C15H20N2O2S/c1-9-6-7-11-12(8-9)17-14(16-11)20-10(2)13(18)19-15(3,4)5/h6-8,10H,1-5H3,(H,16,17). The molecule has 2 rings (SSSR count). The summed E-state index contributed by atoms with van der Waals surface area (Å²) in [7, 11) is 0. The Bertz CT molecular complexity index is 628. The molecule has 1 heterocycles. The highest BCUT2D eigenvalue weighted by molar-refractivity contribution is 8.00. The first kappa shape index (κ1) is 14.9. The Morgan fingerprint density at radius 3 is 2.75 bits per heavy atom. The molecule has 2 aromatic rings. The number of nitrogens with one attached hydrogen (secondary N) is 1. The number of carbonyl (C=O) groups is 1. The molecule has 0 aliphatic heterocycles. The molecule has 0 radical (unpaired) electrons. The summed E-state index contributed by atoms with van der Waals surface area (Å²) < 4.78 is 5.36. The van der Waals surface area contributed by atoms with E-state index in [2.05, 4.69) is 9.97 Å². The number of H-pyrrole nitrogens is 1. The quantitative estimate of drug-likeness (QED) is 0.692. The van der Waals surface area contributed by atoms with Crippen molar-refractivity contribution in [3.63, 3.8) is 0 Å². The molecule has 0 saturated carbocycles. The number of rotatable bonds is 3. The maximum atomic E-state index is 11.9. The van der Waals surface area contributed by atoms with Crippen LogP contribution < -0.4 is 0 Å². The van der Waals surface area contributed by atoms with Crippen molar-refractivity contribution in [1.82, 2.24) is 9.97 Å². The molecule has 0 amide bonds. The summed E-state index contributed by atoms with van der Waals surface area (Å²) in [5, 5.41) is 0.444. The molecule has 108 valence electrons. The number of hydrogen-bond donors (Lipinski definition) is 1. The first-order valence-corrected chi connectivity index (χ1v) is 7.48. The van der Waals surface area contributed by atoms with Crippen molar-refractivity contribution in [2.24, 2.45) is 0 Å². The summed E-state index contributed by atoms with van der Waals surface area (Å²) >= 11 is 1.38. The molecular formula is C15H20N2O2S. The average molecular weight is 292 g/mol. The van der Waals surface area contributed by atoms with E-state index in [9.17, 15) is 4.79 Å². The van der Waals surface area contributed by atoms with Crippen LogP contribution in [0.2, 0.25) is 0 Å². The lowest BCUT2D eigenvalue weighted by Crippen LogP contribution is -2.28. The number of esters is 1. The minimum Gasteiger partial charge on any atom is -0.459 e. The molecule has 0 bridgehead atoms. The van der Waals surface area contributed by atoms with Crippen LogP contribution in [0.15, 0.2) is 23.4 Å². The van der Waals surface area contributed by atoms with Crippen LogP contribution in [0.3, 0.4) is 0 Å². The van der Waals surface area contributed by atoms with Crippen molar-refractivity contribution in [2.75, 3.05) is 0 Å². The van der Waals surface area contributed by atoms with Gasteiger partial charge >= 0.3 is 5.97 Å². The Morgan fingerprint density at radius 2 is 2.10 bits per heavy atom. The number of thioether (sulfide) groups is 1. The summed E-state index contributed by atoms with van der Waals surface area (Å²) in [6, 6.07) is 6.04. The molecule has 1 unspecified atom stereocenters. The Kier molecular flexibility index (Phi) is 4.09. The highest BCUT2D eigenvalue weighted by atomic mass is 32.2. The molecule has 0 aliphatic carbocycles. The van der Waals surface area contributed by atoms with E-state index in [1.165, 1.54) is 17.3 Å². The first-order valence-electron chi connectivity index (χ1n) is 6.60. The van der Waals surface area contributed by atoms with E-state index >= 15 is 0 Å². The summed E-state index contributed by atoms with van der Waals surface area (Å²) in [4.78, 5) is 19.6. The lowest BCUT2D eigenvalue weighted by molar-refractivity contribution is -0.153. The first-order chi connectivity index (χ1) is 9.24. The number of carbonyl (C=O) groups excluding carboxylic acids is 1. The Labute approximate surface area is 123 Å². The maximum Gasteiger partial charge on any atom is 0.319 e. The van der Waals surface area contributed by atoms with Crippen molar-refractivity contribution in [2.45, 2.75) is 50.6 Å². The van der Waals surface area contributed by atoms with E-state index in [1.54, 1.807) is 0 Å². The molecule has 0 spiro atoms. The van der Waals surface area contributed by atoms with E-state index in [0.29, 0.717) is 0 Å². The second-order valence-corrected chi connectivity index (χ2v) is 7.19. The summed E-state index contributed by atoms with van der Waals surface area (Å²) in [5.74, 6) is -0.223. The molecule has 0 aliphatic rings. The number of imidazole rings is 1. The van der Waals surface area contributed by atoms with Gasteiger partial charge in [0.1, 0.15) is 10.9 Å². The summed E-state index contributed by atoms with van der Waals surface area (Å²) in [5.41, 5.74) is 2.62. The fraction of sp³-hybridized carbons (Fsp3) is 0.467. The van der Waals surface area contributed by atoms with E-state index in [4.69, 9.17) is 4.74 Å². The number of hydrogen-bond acceptors (Lipinski definition) is 4. The van der Waals surface area contributed by atoms with Gasteiger partial charge in [0.15, 0.2) is 5.16 Å². The lowest BCUT2D eigenvalue weighted by atomic mass is 10.2. The van der Waals surface area contributed by atoms with E-state index in [-0.39, 0.29) is 11.2 Å². The number of fused-ring (bicyclic) bond motifs is 1. The zero-order valence-corrected chi connectivity index (χ0v) is 13.3. The zero-order valence-electron chi connectivity index (χ0n) is 12.5. The number of aryl methyl sites for hydroxylation is 1. The normalized spacial score (nSPS) is 13.4. The van der Waals surface area contributed by atoms with Gasteiger partial charge in [0, 0.05) is 0 Å². The molecule has 1 N–H and O–H groups in total. The lowest BCUT2D eigenvalue weighted by Gasteiger charge is -2.21. The Morgan fingerprint density at radius 1 is 1.40 bits per heavy atom. The molecule has 1 atom stereocenters. The third-order valence-corrected chi connectivity index (χ3v) is 3.61. The Balaban J connectivity index is 2.09. The van der Waals surface area contributed by atoms with Crippen LogP contribution in [-0.4, -0.2) is 26.8 Å². The van der Waals surface area contributed by atoms with Gasteiger partial charge in [-0.1, -0.05) is 17.8 Å². The van der Waals surface area contributed by atoms with Gasteiger partial charge in [-0.3, -0.25) is 4.79 Å². The van der Waals surface area contributed by atoms with Crippen LogP contribution >= 0.6 is 11.8 Å². The number of benzene rings is 1. The van der Waals surface area contributed by atoms with Crippen molar-refractivity contribution in [3.8, 4) is 0 Å². The molecule has 20 heavy (non-hydrogen) atoms. The van der Waals surface area contributed by atoms with Crippen molar-refractivity contribution < 1.29 is 9.53 Å². The van der Waals surface area contributed by atoms with E-state index in [1.807, 2.05) is 52.8 Å². The summed E-state index contributed by atoms with van der Waals surface area (Å²) in [6.45, 7) is 9.47. The van der Waals surface area contributed by atoms with Crippen LogP contribution in [0, 0.1) is 6.92 Å². The molecule has 1 aromatic carbocycles. The smallest absolute Gasteiger partial charge is 0.319 e. The highest BCUT2D eigenvalue weighted by Gasteiger charge is 2.23. The molecule has 0 saturated heterocycles. The third-order valence-electron chi connectivity index (χ3n) is 2.64. The number of aromatic amines is 1. The fourth-order valence-electron chi connectivity index (χ4n) is 1.76. The van der Waals surface area contributed by atoms with Crippen LogP contribution in [0.5, 0.6) is 0 Å². The van der Waals surface area contributed by atoms with Gasteiger partial charge in [-0.15, -0.1) is 0 Å². The number of nitrogens with zero attached hydrogens (tertiary/aromatic N) is 1. The second kappa shape index (κ2) is 5.48. The van der Waals surface area contributed by atoms with E-state index < -0.39 is 5.60 Å². The highest BCUT2D eigenvalue weighted by Crippen LogP contribution is 2.25. The predicted octanol–water partition coefficient (Wildman–Crippen LogP) is 3.69. The second-order valence-electron chi connectivity index (χ2n) is 5.86. The molecular weight excluding hydrogens is 272 g/mol. The van der Waals surface area contributed by atoms with Crippen LogP contribution in [-0.2, 0) is 9.53 Å². The topological polar surface area (TPSA) is 55.0 Å². The van der Waals surface area contributed by atoms with Crippen molar-refractivity contribution >= 4 is 28.8 Å². The number of aromatic nitrogens is 2. The zero-order chi connectivity index (χ0) is 14.9. The molecule has 0 fully saturated rings. The van der Waals surface area contributed by atoms with Crippen LogP contribution in [0.1, 0.15) is 33.3 Å². The van der Waals surface area contributed by atoms with Gasteiger partial charge in [-0.2, -0.15) is 0 Å². The van der Waals surface area contributed by atoms with Gasteiger partial charge in [0.25, 0.3) is 0 Å². The van der Waals surface area contributed by atoms with Gasteiger partial charge in [0.2, 0.25) is 0 Å². The van der Waals surface area contributed by atoms with Crippen LogP contribution in [0.4, 0.5) is 0 Å². The monoisotopic (exact) mass is 292 g/mol. The van der Waals surface area contributed by atoms with Crippen LogP contribution in [0.25, 0.3) is 11.0 Å². The molecule has 4 nitrogen and oxygen atoms in total. The number of ether oxygens (including phenoxy) is 1. The minimum absolute atomic E-state index is 0.223. The van der Waals surface area contributed by atoms with Crippen molar-refractivity contribution in [1.29, 1.82) is 0 Å². The fourth-order valence-corrected chi connectivity index (χ4v) is 2.56. The minimum atomic E-state index is -0.461. The average Bonchev–Trinajstić information content (AvgIpc) is 2.67. The van der Waals surface area contributed by atoms with Gasteiger partial charge < -0.3 is 9.72 Å². The SMILES string of the molecule is Cc1ccc2nc(SC(C)C(=O)OC(C)(C)C)[nH]c2c1. The molecule has 5 heteroatoms. The van der Waals surface area contributed by atoms with Gasteiger partial charge in [-0.05, 0) is 52.3 Å². The maximum absolute atomic E-state index is 11.9. The summed E-state index contributed by atoms with van der Waals surface area (Å²) in [6.07, 6.45) is 0. The largest absolute Gasteiger partial charge is 0.459 e. The van der Waals surface area contributed by atoms with Crippen molar-refractivity contribution in [3.05, 3.63) is 23.8 Å². The third kappa shape index (κ3) is 3.76. The molecule has 1 aromatic heterocycles. The predicted molar refractivity (Wildman–Crippen MR) is 82.0 cm³/mol. The Hall–Kier alpha value is -1.49. The van der Waals surface area contributed by atoms with Gasteiger partial charge in [0.05, 0.1) is 11.0 Å². The van der Waals surface area contributed by atoms with Gasteiger partial charge in [-0.25, -0.2) is 4.98 Å². The van der Waals surface area contributed by atoms with E-state index in [0.717, 1.165) is 16.2 Å².